The molecule has 2 nitrogen and oxygen atoms in total. The Morgan fingerprint density at radius 1 is 1.19 bits per heavy atom. The molecule has 0 aromatic carbocycles. The first-order chi connectivity index (χ1) is 7.79. The maximum absolute atomic E-state index is 9.43. The fourth-order valence-corrected chi connectivity index (χ4v) is 3.81. The normalized spacial score (nSPS) is 30.8. The number of hydrogen-bond acceptors (Lipinski definition) is 3. The summed E-state index contributed by atoms with van der Waals surface area (Å²) in [5, 5.41) is 9.43. The predicted molar refractivity (Wildman–Crippen MR) is 71.1 cm³/mol. The van der Waals surface area contributed by atoms with Crippen LogP contribution in [0.3, 0.4) is 0 Å². The van der Waals surface area contributed by atoms with Gasteiger partial charge in [0.2, 0.25) is 0 Å². The van der Waals surface area contributed by atoms with Crippen molar-refractivity contribution in [2.45, 2.75) is 51.0 Å². The molecule has 1 N–H and O–H groups in total. The van der Waals surface area contributed by atoms with Gasteiger partial charge in [0.15, 0.2) is 0 Å². The molecule has 1 saturated carbocycles. The second kappa shape index (κ2) is 5.74. The van der Waals surface area contributed by atoms with Crippen molar-refractivity contribution in [1.29, 1.82) is 0 Å². The standard InChI is InChI=1S/C13H25NOS/c15-9-12-5-1-4-8-14(12)10-13(11-16)6-2-3-7-13/h12,15-16H,1-11H2. The molecule has 0 spiro atoms. The minimum Gasteiger partial charge on any atom is -0.395 e. The fraction of sp³-hybridized carbons (Fsp3) is 1.00. The van der Waals surface area contributed by atoms with E-state index in [0.29, 0.717) is 18.1 Å². The van der Waals surface area contributed by atoms with Crippen molar-refractivity contribution in [3.8, 4) is 0 Å². The molecule has 0 aromatic heterocycles. The zero-order valence-corrected chi connectivity index (χ0v) is 11.1. The van der Waals surface area contributed by atoms with Crippen LogP contribution in [0, 0.1) is 5.41 Å². The lowest BCUT2D eigenvalue weighted by molar-refractivity contribution is 0.0559. The molecule has 0 aromatic rings. The van der Waals surface area contributed by atoms with Crippen LogP contribution in [0.15, 0.2) is 0 Å². The van der Waals surface area contributed by atoms with E-state index in [1.807, 2.05) is 0 Å². The van der Waals surface area contributed by atoms with Gasteiger partial charge in [-0.3, -0.25) is 4.90 Å². The molecule has 1 heterocycles. The molecule has 2 fully saturated rings. The number of aliphatic hydroxyl groups is 1. The van der Waals surface area contributed by atoms with E-state index in [2.05, 4.69) is 17.5 Å². The van der Waals surface area contributed by atoms with E-state index in [1.54, 1.807) is 0 Å². The van der Waals surface area contributed by atoms with E-state index < -0.39 is 0 Å². The van der Waals surface area contributed by atoms with Crippen LogP contribution >= 0.6 is 12.6 Å². The van der Waals surface area contributed by atoms with Gasteiger partial charge in [-0.25, -0.2) is 0 Å². The van der Waals surface area contributed by atoms with E-state index in [1.165, 1.54) is 58.0 Å². The van der Waals surface area contributed by atoms with E-state index in [4.69, 9.17) is 0 Å². The summed E-state index contributed by atoms with van der Waals surface area (Å²) < 4.78 is 0. The highest BCUT2D eigenvalue weighted by Crippen LogP contribution is 2.40. The third-order valence-electron chi connectivity index (χ3n) is 4.50. The van der Waals surface area contributed by atoms with Gasteiger partial charge < -0.3 is 5.11 Å². The van der Waals surface area contributed by atoms with Crippen LogP contribution in [0.4, 0.5) is 0 Å². The van der Waals surface area contributed by atoms with Crippen LogP contribution in [0.5, 0.6) is 0 Å². The van der Waals surface area contributed by atoms with E-state index >= 15 is 0 Å². The third kappa shape index (κ3) is 2.74. The number of aliphatic hydroxyl groups excluding tert-OH is 1. The van der Waals surface area contributed by atoms with Crippen molar-refractivity contribution >= 4 is 12.6 Å². The van der Waals surface area contributed by atoms with Gasteiger partial charge >= 0.3 is 0 Å². The zero-order valence-electron chi connectivity index (χ0n) is 10.2. The van der Waals surface area contributed by atoms with Crippen molar-refractivity contribution in [3.05, 3.63) is 0 Å². The fourth-order valence-electron chi connectivity index (χ4n) is 3.40. The SMILES string of the molecule is OCC1CCCCN1CC1(CS)CCCC1. The first kappa shape index (κ1) is 12.7. The molecule has 3 heteroatoms. The summed E-state index contributed by atoms with van der Waals surface area (Å²) >= 11 is 4.57. The molecule has 1 aliphatic carbocycles. The molecule has 0 bridgehead atoms. The van der Waals surface area contributed by atoms with E-state index in [9.17, 15) is 5.11 Å². The lowest BCUT2D eigenvalue weighted by Crippen LogP contribution is -2.47. The highest BCUT2D eigenvalue weighted by atomic mass is 32.1. The van der Waals surface area contributed by atoms with Gasteiger partial charge in [0, 0.05) is 12.6 Å². The number of hydrogen-bond donors (Lipinski definition) is 2. The minimum absolute atomic E-state index is 0.336. The average molecular weight is 243 g/mol. The van der Waals surface area contributed by atoms with Crippen molar-refractivity contribution < 1.29 is 5.11 Å². The van der Waals surface area contributed by atoms with Crippen molar-refractivity contribution in [2.75, 3.05) is 25.4 Å². The molecule has 94 valence electrons. The molecular weight excluding hydrogens is 218 g/mol. The van der Waals surface area contributed by atoms with Crippen molar-refractivity contribution in [3.63, 3.8) is 0 Å². The van der Waals surface area contributed by atoms with Crippen molar-refractivity contribution in [1.82, 2.24) is 4.90 Å². The molecular formula is C13H25NOS. The highest BCUT2D eigenvalue weighted by molar-refractivity contribution is 7.80. The summed E-state index contributed by atoms with van der Waals surface area (Å²) in [5.41, 5.74) is 0.452. The summed E-state index contributed by atoms with van der Waals surface area (Å²) in [5.74, 6) is 1.02. The molecule has 1 unspecified atom stereocenters. The largest absolute Gasteiger partial charge is 0.395 e. The molecule has 2 rings (SSSR count). The second-order valence-electron chi connectivity index (χ2n) is 5.67. The van der Waals surface area contributed by atoms with E-state index in [0.717, 1.165) is 5.75 Å². The average Bonchev–Trinajstić information content (AvgIpc) is 2.79. The van der Waals surface area contributed by atoms with Crippen LogP contribution in [-0.2, 0) is 0 Å². The predicted octanol–water partition coefficient (Wildman–Crippen LogP) is 2.32. The third-order valence-corrected chi connectivity index (χ3v) is 5.17. The van der Waals surface area contributed by atoms with Gasteiger partial charge in [0.25, 0.3) is 0 Å². The smallest absolute Gasteiger partial charge is 0.0586 e. The van der Waals surface area contributed by atoms with Gasteiger partial charge in [-0.05, 0) is 43.4 Å². The lowest BCUT2D eigenvalue weighted by Gasteiger charge is -2.41. The molecule has 0 radical (unpaired) electrons. The summed E-state index contributed by atoms with van der Waals surface area (Å²) in [7, 11) is 0. The van der Waals surface area contributed by atoms with Crippen LogP contribution in [0.1, 0.15) is 44.9 Å². The van der Waals surface area contributed by atoms with Gasteiger partial charge in [-0.1, -0.05) is 19.3 Å². The van der Waals surface area contributed by atoms with Crippen molar-refractivity contribution in [2.24, 2.45) is 5.41 Å². The van der Waals surface area contributed by atoms with Crippen LogP contribution in [0.2, 0.25) is 0 Å². The number of thiol groups is 1. The topological polar surface area (TPSA) is 23.5 Å². The van der Waals surface area contributed by atoms with Crippen LogP contribution in [-0.4, -0.2) is 41.5 Å². The molecule has 0 amide bonds. The molecule has 1 atom stereocenters. The quantitative estimate of drug-likeness (QED) is 0.740. The zero-order chi connectivity index (χ0) is 11.4. The Morgan fingerprint density at radius 2 is 1.94 bits per heavy atom. The summed E-state index contributed by atoms with van der Waals surface area (Å²) in [6.07, 6.45) is 9.20. The first-order valence-corrected chi connectivity index (χ1v) is 7.39. The lowest BCUT2D eigenvalue weighted by atomic mass is 9.86. The number of nitrogens with zero attached hydrogens (tertiary/aromatic N) is 1. The van der Waals surface area contributed by atoms with Crippen LogP contribution < -0.4 is 0 Å². The molecule has 1 saturated heterocycles. The number of rotatable bonds is 4. The molecule has 2 aliphatic rings. The molecule has 1 aliphatic heterocycles. The maximum atomic E-state index is 9.43. The van der Waals surface area contributed by atoms with E-state index in [-0.39, 0.29) is 0 Å². The maximum Gasteiger partial charge on any atom is 0.0586 e. The van der Waals surface area contributed by atoms with Crippen LogP contribution in [0.25, 0.3) is 0 Å². The van der Waals surface area contributed by atoms with Gasteiger partial charge in [0.1, 0.15) is 0 Å². The number of likely N-dealkylation sites (tertiary alicyclic amines) is 1. The summed E-state index contributed by atoms with van der Waals surface area (Å²) in [6.45, 7) is 2.69. The summed E-state index contributed by atoms with van der Waals surface area (Å²) in [6, 6.07) is 0.422. The Bertz CT molecular complexity index is 216. The Labute approximate surface area is 105 Å². The molecule has 16 heavy (non-hydrogen) atoms. The Kier molecular flexibility index (Phi) is 4.57. The second-order valence-corrected chi connectivity index (χ2v) is 5.98. The van der Waals surface area contributed by atoms with Gasteiger partial charge in [-0.2, -0.15) is 12.6 Å². The monoisotopic (exact) mass is 243 g/mol. The number of piperidine rings is 1. The van der Waals surface area contributed by atoms with Gasteiger partial charge in [0.05, 0.1) is 6.61 Å². The first-order valence-electron chi connectivity index (χ1n) is 6.75. The Balaban J connectivity index is 1.95. The Morgan fingerprint density at radius 3 is 2.56 bits per heavy atom. The van der Waals surface area contributed by atoms with Gasteiger partial charge in [-0.15, -0.1) is 0 Å². The minimum atomic E-state index is 0.336. The highest BCUT2D eigenvalue weighted by Gasteiger charge is 2.36. The Hall–Kier alpha value is 0.270. The summed E-state index contributed by atoms with van der Waals surface area (Å²) in [4.78, 5) is 2.53.